The van der Waals surface area contributed by atoms with Gasteiger partial charge >= 0.3 is 5.69 Å². The Morgan fingerprint density at radius 2 is 2.16 bits per heavy atom. The van der Waals surface area contributed by atoms with Crippen LogP contribution in [-0.2, 0) is 0 Å². The fourth-order valence-electron chi connectivity index (χ4n) is 2.66. The first-order valence-corrected chi connectivity index (χ1v) is 6.56. The molecule has 1 N–H and O–H groups in total. The molecule has 2 aromatic rings. The molecule has 1 aromatic carbocycles. The second-order valence-electron chi connectivity index (χ2n) is 5.00. The number of fused-ring (bicyclic) bond motifs is 1. The first-order valence-electron chi connectivity index (χ1n) is 6.19. The van der Waals surface area contributed by atoms with Crippen molar-refractivity contribution in [2.45, 2.75) is 12.5 Å². The summed E-state index contributed by atoms with van der Waals surface area (Å²) in [6, 6.07) is 4.87. The zero-order valence-corrected chi connectivity index (χ0v) is 11.3. The van der Waals surface area contributed by atoms with Crippen molar-refractivity contribution in [3.63, 3.8) is 0 Å². The quantitative estimate of drug-likeness (QED) is 0.854. The molecule has 1 aliphatic rings. The van der Waals surface area contributed by atoms with E-state index in [2.05, 4.69) is 9.88 Å². The van der Waals surface area contributed by atoms with Crippen molar-refractivity contribution >= 4 is 22.5 Å². The number of nitrogens with one attached hydrogen (secondary N) is 1. The van der Waals surface area contributed by atoms with Crippen LogP contribution in [-0.4, -0.2) is 34.6 Å². The van der Waals surface area contributed by atoms with Crippen LogP contribution in [0.15, 0.2) is 27.8 Å². The molecule has 3 rings (SSSR count). The molecule has 0 amide bonds. The van der Waals surface area contributed by atoms with E-state index < -0.39 is 0 Å². The highest BCUT2D eigenvalue weighted by Crippen LogP contribution is 2.18. The number of rotatable bonds is 1. The lowest BCUT2D eigenvalue weighted by atomic mass is 10.2. The molecule has 0 aliphatic carbocycles. The summed E-state index contributed by atoms with van der Waals surface area (Å²) in [5.74, 6) is 0. The summed E-state index contributed by atoms with van der Waals surface area (Å²) in [4.78, 5) is 29.4. The Bertz CT molecular complexity index is 750. The van der Waals surface area contributed by atoms with E-state index in [4.69, 9.17) is 11.6 Å². The SMILES string of the molecule is CN1CCC(n2c(=O)[nH]c3cc(Cl)ccc3c2=O)C1. The van der Waals surface area contributed by atoms with E-state index >= 15 is 0 Å². The van der Waals surface area contributed by atoms with Crippen LogP contribution in [0.2, 0.25) is 5.02 Å². The van der Waals surface area contributed by atoms with Crippen molar-refractivity contribution in [3.8, 4) is 0 Å². The van der Waals surface area contributed by atoms with E-state index in [0.717, 1.165) is 19.5 Å². The van der Waals surface area contributed by atoms with Crippen molar-refractivity contribution in [3.05, 3.63) is 44.1 Å². The van der Waals surface area contributed by atoms with Crippen LogP contribution in [0.25, 0.3) is 10.9 Å². The Hall–Kier alpha value is -1.59. The Morgan fingerprint density at radius 1 is 1.37 bits per heavy atom. The highest BCUT2D eigenvalue weighted by atomic mass is 35.5. The summed E-state index contributed by atoms with van der Waals surface area (Å²) >= 11 is 5.87. The van der Waals surface area contributed by atoms with Crippen LogP contribution in [0.4, 0.5) is 0 Å². The van der Waals surface area contributed by atoms with Gasteiger partial charge in [-0.1, -0.05) is 11.6 Å². The Morgan fingerprint density at radius 3 is 2.84 bits per heavy atom. The Kier molecular flexibility index (Phi) is 2.95. The summed E-state index contributed by atoms with van der Waals surface area (Å²) in [7, 11) is 1.99. The van der Waals surface area contributed by atoms with Crippen molar-refractivity contribution < 1.29 is 0 Å². The van der Waals surface area contributed by atoms with Crippen LogP contribution in [0, 0.1) is 0 Å². The zero-order valence-electron chi connectivity index (χ0n) is 10.5. The molecule has 100 valence electrons. The number of likely N-dealkylation sites (N-methyl/N-ethyl adjacent to an activating group) is 1. The Labute approximate surface area is 114 Å². The van der Waals surface area contributed by atoms with E-state index in [1.165, 1.54) is 4.57 Å². The summed E-state index contributed by atoms with van der Waals surface area (Å²) in [5.41, 5.74) is -0.110. The van der Waals surface area contributed by atoms with Crippen LogP contribution in [0.1, 0.15) is 12.5 Å². The van der Waals surface area contributed by atoms with E-state index in [-0.39, 0.29) is 17.3 Å². The molecule has 1 fully saturated rings. The highest BCUT2D eigenvalue weighted by Gasteiger charge is 2.24. The molecule has 1 aromatic heterocycles. The van der Waals surface area contributed by atoms with Gasteiger partial charge in [0.05, 0.1) is 16.9 Å². The van der Waals surface area contributed by atoms with Crippen LogP contribution < -0.4 is 11.2 Å². The van der Waals surface area contributed by atoms with Gasteiger partial charge in [-0.2, -0.15) is 0 Å². The maximum absolute atomic E-state index is 12.4. The van der Waals surface area contributed by atoms with Gasteiger partial charge in [-0.15, -0.1) is 0 Å². The number of likely N-dealkylation sites (tertiary alicyclic amines) is 1. The van der Waals surface area contributed by atoms with Gasteiger partial charge in [-0.05, 0) is 38.2 Å². The maximum Gasteiger partial charge on any atom is 0.329 e. The summed E-state index contributed by atoms with van der Waals surface area (Å²) in [6.07, 6.45) is 0.818. The van der Waals surface area contributed by atoms with E-state index in [0.29, 0.717) is 15.9 Å². The van der Waals surface area contributed by atoms with Gasteiger partial charge in [-0.3, -0.25) is 9.36 Å². The minimum Gasteiger partial charge on any atom is -0.307 e. The first kappa shape index (κ1) is 12.4. The molecule has 5 nitrogen and oxygen atoms in total. The molecule has 2 heterocycles. The summed E-state index contributed by atoms with van der Waals surface area (Å²) < 4.78 is 1.33. The van der Waals surface area contributed by atoms with Crippen molar-refractivity contribution in [2.24, 2.45) is 0 Å². The predicted octanol–water partition coefficient (Wildman–Crippen LogP) is 1.22. The average Bonchev–Trinajstić information content (AvgIpc) is 2.75. The van der Waals surface area contributed by atoms with E-state index in [1.807, 2.05) is 7.05 Å². The molecule has 1 aliphatic heterocycles. The van der Waals surface area contributed by atoms with Gasteiger partial charge < -0.3 is 9.88 Å². The molecule has 0 saturated carbocycles. The molecule has 0 spiro atoms. The lowest BCUT2D eigenvalue weighted by molar-refractivity contribution is 0.386. The van der Waals surface area contributed by atoms with Crippen molar-refractivity contribution in [1.29, 1.82) is 0 Å². The smallest absolute Gasteiger partial charge is 0.307 e. The van der Waals surface area contributed by atoms with Crippen molar-refractivity contribution in [1.82, 2.24) is 14.5 Å². The molecule has 0 radical (unpaired) electrons. The fraction of sp³-hybridized carbons (Fsp3) is 0.385. The molecular formula is C13H14ClN3O2. The number of H-pyrrole nitrogens is 1. The largest absolute Gasteiger partial charge is 0.329 e. The molecule has 6 heteroatoms. The third-order valence-electron chi connectivity index (χ3n) is 3.62. The second-order valence-corrected chi connectivity index (χ2v) is 5.44. The number of aromatic amines is 1. The van der Waals surface area contributed by atoms with Gasteiger partial charge in [0.2, 0.25) is 0 Å². The highest BCUT2D eigenvalue weighted by molar-refractivity contribution is 6.31. The number of aromatic nitrogens is 2. The number of halogens is 1. The minimum atomic E-state index is -0.361. The van der Waals surface area contributed by atoms with Gasteiger partial charge in [0.1, 0.15) is 0 Å². The van der Waals surface area contributed by atoms with Gasteiger partial charge in [0.25, 0.3) is 5.56 Å². The van der Waals surface area contributed by atoms with Crippen molar-refractivity contribution in [2.75, 3.05) is 20.1 Å². The second kappa shape index (κ2) is 4.51. The summed E-state index contributed by atoms with van der Waals surface area (Å²) in [6.45, 7) is 1.62. The number of hydrogen-bond donors (Lipinski definition) is 1. The van der Waals surface area contributed by atoms with E-state index in [9.17, 15) is 9.59 Å². The molecule has 0 bridgehead atoms. The third kappa shape index (κ3) is 2.09. The molecule has 1 unspecified atom stereocenters. The van der Waals surface area contributed by atoms with Gasteiger partial charge in [-0.25, -0.2) is 4.79 Å². The lowest BCUT2D eigenvalue weighted by Gasteiger charge is -2.13. The zero-order chi connectivity index (χ0) is 13.6. The molecule has 1 atom stereocenters. The average molecular weight is 280 g/mol. The molecular weight excluding hydrogens is 266 g/mol. The van der Waals surface area contributed by atoms with Crippen LogP contribution in [0.5, 0.6) is 0 Å². The third-order valence-corrected chi connectivity index (χ3v) is 3.86. The molecule has 1 saturated heterocycles. The number of benzene rings is 1. The minimum absolute atomic E-state index is 0.0543. The number of nitrogens with zero attached hydrogens (tertiary/aromatic N) is 2. The lowest BCUT2D eigenvalue weighted by Crippen LogP contribution is -2.38. The standard InChI is InChI=1S/C13H14ClN3O2/c1-16-5-4-9(7-16)17-12(18)10-3-2-8(14)6-11(10)15-13(17)19/h2-3,6,9H,4-5,7H2,1H3,(H,15,19). The predicted molar refractivity (Wildman–Crippen MR) is 75.0 cm³/mol. The van der Waals surface area contributed by atoms with Gasteiger partial charge in [0, 0.05) is 11.6 Å². The monoisotopic (exact) mass is 279 g/mol. The first-order chi connectivity index (χ1) is 9.06. The van der Waals surface area contributed by atoms with E-state index in [1.54, 1.807) is 18.2 Å². The maximum atomic E-state index is 12.4. The normalized spacial score (nSPS) is 20.2. The van der Waals surface area contributed by atoms with Crippen LogP contribution in [0.3, 0.4) is 0 Å². The Balaban J connectivity index is 2.23. The molecule has 19 heavy (non-hydrogen) atoms. The van der Waals surface area contributed by atoms with Gasteiger partial charge in [0.15, 0.2) is 0 Å². The van der Waals surface area contributed by atoms with Crippen LogP contribution >= 0.6 is 11.6 Å². The summed E-state index contributed by atoms with van der Waals surface area (Å²) in [5, 5.41) is 0.999. The number of hydrogen-bond acceptors (Lipinski definition) is 3. The fourth-order valence-corrected chi connectivity index (χ4v) is 2.83. The topological polar surface area (TPSA) is 58.1 Å².